The SMILES string of the molecule is CCOC(=O)C(C)(CCCN(C)CC1CC1C)NC(C)C. The predicted octanol–water partition coefficient (Wildman–Crippen LogP) is 2.67. The van der Waals surface area contributed by atoms with Crippen LogP contribution in [0, 0.1) is 11.8 Å². The first-order valence-electron chi connectivity index (χ1n) is 8.42. The second-order valence-corrected chi connectivity index (χ2v) is 7.19. The monoisotopic (exact) mass is 298 g/mol. The molecule has 0 saturated heterocycles. The summed E-state index contributed by atoms with van der Waals surface area (Å²) in [7, 11) is 2.18. The number of nitrogens with one attached hydrogen (secondary N) is 1. The zero-order valence-corrected chi connectivity index (χ0v) is 14.7. The van der Waals surface area contributed by atoms with Crippen molar-refractivity contribution in [1.82, 2.24) is 10.2 Å². The van der Waals surface area contributed by atoms with Gasteiger partial charge in [0.25, 0.3) is 0 Å². The molecule has 0 amide bonds. The van der Waals surface area contributed by atoms with E-state index < -0.39 is 5.54 Å². The molecule has 3 atom stereocenters. The van der Waals surface area contributed by atoms with Gasteiger partial charge in [-0.05, 0) is 72.4 Å². The molecule has 1 rings (SSSR count). The van der Waals surface area contributed by atoms with Crippen molar-refractivity contribution in [1.29, 1.82) is 0 Å². The van der Waals surface area contributed by atoms with E-state index in [-0.39, 0.29) is 12.0 Å². The maximum atomic E-state index is 12.2. The van der Waals surface area contributed by atoms with Crippen LogP contribution in [0.1, 0.15) is 53.9 Å². The van der Waals surface area contributed by atoms with E-state index in [9.17, 15) is 4.79 Å². The molecule has 1 saturated carbocycles. The Morgan fingerprint density at radius 1 is 1.48 bits per heavy atom. The summed E-state index contributed by atoms with van der Waals surface area (Å²) in [5.74, 6) is 1.66. The standard InChI is InChI=1S/C17H34N2O2/c1-7-21-16(20)17(5,18-13(2)3)9-8-10-19(6)12-15-11-14(15)4/h13-15,18H,7-12H2,1-6H3. The highest BCUT2D eigenvalue weighted by Gasteiger charge is 2.35. The minimum absolute atomic E-state index is 0.128. The second kappa shape index (κ2) is 8.14. The van der Waals surface area contributed by atoms with Gasteiger partial charge in [-0.3, -0.25) is 10.1 Å². The van der Waals surface area contributed by atoms with Crippen molar-refractivity contribution in [2.24, 2.45) is 11.8 Å². The fourth-order valence-electron chi connectivity index (χ4n) is 3.01. The van der Waals surface area contributed by atoms with Crippen molar-refractivity contribution < 1.29 is 9.53 Å². The quantitative estimate of drug-likeness (QED) is 0.630. The summed E-state index contributed by atoms with van der Waals surface area (Å²) < 4.78 is 5.24. The number of nitrogens with zero attached hydrogens (tertiary/aromatic N) is 1. The number of carbonyl (C=O) groups excluding carboxylic acids is 1. The first kappa shape index (κ1) is 18.4. The van der Waals surface area contributed by atoms with Crippen LogP contribution in [-0.2, 0) is 9.53 Å². The summed E-state index contributed by atoms with van der Waals surface area (Å²) in [5, 5.41) is 3.38. The van der Waals surface area contributed by atoms with Crippen molar-refractivity contribution in [3.8, 4) is 0 Å². The Morgan fingerprint density at radius 3 is 2.57 bits per heavy atom. The normalized spacial score (nSPS) is 24.2. The number of rotatable bonds is 10. The molecule has 21 heavy (non-hydrogen) atoms. The summed E-state index contributed by atoms with van der Waals surface area (Å²) in [5.41, 5.74) is -0.572. The molecule has 0 aromatic rings. The van der Waals surface area contributed by atoms with Gasteiger partial charge >= 0.3 is 5.97 Å². The maximum Gasteiger partial charge on any atom is 0.326 e. The maximum absolute atomic E-state index is 12.2. The number of ether oxygens (including phenoxy) is 1. The molecule has 0 spiro atoms. The van der Waals surface area contributed by atoms with Gasteiger partial charge in [-0.15, -0.1) is 0 Å². The van der Waals surface area contributed by atoms with Crippen molar-refractivity contribution in [3.05, 3.63) is 0 Å². The molecule has 4 heteroatoms. The van der Waals surface area contributed by atoms with E-state index in [2.05, 4.69) is 38.0 Å². The van der Waals surface area contributed by atoms with E-state index in [1.165, 1.54) is 13.0 Å². The highest BCUT2D eigenvalue weighted by molar-refractivity contribution is 5.80. The number of carbonyl (C=O) groups is 1. The smallest absolute Gasteiger partial charge is 0.326 e. The molecule has 1 aliphatic carbocycles. The lowest BCUT2D eigenvalue weighted by Crippen LogP contribution is -2.53. The average molecular weight is 298 g/mol. The Morgan fingerprint density at radius 2 is 2.10 bits per heavy atom. The van der Waals surface area contributed by atoms with E-state index in [1.54, 1.807) is 0 Å². The molecular formula is C17H34N2O2. The minimum atomic E-state index is -0.572. The molecule has 0 aromatic heterocycles. The first-order chi connectivity index (χ1) is 9.78. The van der Waals surface area contributed by atoms with Crippen molar-refractivity contribution in [2.45, 2.75) is 65.5 Å². The zero-order valence-electron chi connectivity index (χ0n) is 14.7. The van der Waals surface area contributed by atoms with Gasteiger partial charge in [-0.25, -0.2) is 0 Å². The largest absolute Gasteiger partial charge is 0.465 e. The molecular weight excluding hydrogens is 264 g/mol. The predicted molar refractivity (Wildman–Crippen MR) is 87.3 cm³/mol. The molecule has 1 fully saturated rings. The Hall–Kier alpha value is -0.610. The molecule has 1 N–H and O–H groups in total. The number of esters is 1. The molecule has 3 unspecified atom stereocenters. The van der Waals surface area contributed by atoms with Crippen LogP contribution in [0.2, 0.25) is 0 Å². The second-order valence-electron chi connectivity index (χ2n) is 7.19. The summed E-state index contributed by atoms with van der Waals surface area (Å²) in [6.45, 7) is 13.0. The van der Waals surface area contributed by atoms with E-state index in [0.29, 0.717) is 6.61 Å². The fraction of sp³-hybridized carbons (Fsp3) is 0.941. The Balaban J connectivity index is 2.39. The van der Waals surface area contributed by atoms with Gasteiger partial charge in [0.1, 0.15) is 5.54 Å². The van der Waals surface area contributed by atoms with Crippen LogP contribution in [0.3, 0.4) is 0 Å². The zero-order chi connectivity index (χ0) is 16.0. The van der Waals surface area contributed by atoms with Crippen LogP contribution in [-0.4, -0.2) is 49.2 Å². The van der Waals surface area contributed by atoms with Gasteiger partial charge in [-0.2, -0.15) is 0 Å². The molecule has 124 valence electrons. The lowest BCUT2D eigenvalue weighted by Gasteiger charge is -2.31. The van der Waals surface area contributed by atoms with E-state index in [0.717, 1.165) is 31.2 Å². The van der Waals surface area contributed by atoms with Crippen molar-refractivity contribution >= 4 is 5.97 Å². The van der Waals surface area contributed by atoms with Crippen LogP contribution < -0.4 is 5.32 Å². The van der Waals surface area contributed by atoms with Gasteiger partial charge in [-0.1, -0.05) is 6.92 Å². The fourth-order valence-corrected chi connectivity index (χ4v) is 3.01. The molecule has 4 nitrogen and oxygen atoms in total. The van der Waals surface area contributed by atoms with E-state index in [4.69, 9.17) is 4.74 Å². The van der Waals surface area contributed by atoms with Gasteiger partial charge in [0.2, 0.25) is 0 Å². The summed E-state index contributed by atoms with van der Waals surface area (Å²) >= 11 is 0. The lowest BCUT2D eigenvalue weighted by atomic mass is 9.94. The van der Waals surface area contributed by atoms with Crippen LogP contribution in [0.4, 0.5) is 0 Å². The highest BCUT2D eigenvalue weighted by Crippen LogP contribution is 2.37. The molecule has 1 aliphatic rings. The summed E-state index contributed by atoms with van der Waals surface area (Å²) in [6, 6.07) is 0.268. The lowest BCUT2D eigenvalue weighted by molar-refractivity contribution is -0.151. The Bertz CT molecular complexity index is 333. The molecule has 0 radical (unpaired) electrons. The van der Waals surface area contributed by atoms with Crippen molar-refractivity contribution in [3.63, 3.8) is 0 Å². The molecule has 0 aromatic carbocycles. The van der Waals surface area contributed by atoms with E-state index >= 15 is 0 Å². The average Bonchev–Trinajstić information content (AvgIpc) is 3.03. The first-order valence-corrected chi connectivity index (χ1v) is 8.42. The van der Waals surface area contributed by atoms with Gasteiger partial charge < -0.3 is 9.64 Å². The summed E-state index contributed by atoms with van der Waals surface area (Å²) in [6.07, 6.45) is 3.20. The Labute approximate surface area is 130 Å². The summed E-state index contributed by atoms with van der Waals surface area (Å²) in [4.78, 5) is 14.6. The minimum Gasteiger partial charge on any atom is -0.465 e. The Kier molecular flexibility index (Phi) is 7.14. The van der Waals surface area contributed by atoms with E-state index in [1.807, 2.05) is 13.8 Å². The molecule has 0 heterocycles. The third-order valence-electron chi connectivity index (χ3n) is 4.37. The van der Waals surface area contributed by atoms with Gasteiger partial charge in [0.15, 0.2) is 0 Å². The van der Waals surface area contributed by atoms with Gasteiger partial charge in [0, 0.05) is 12.6 Å². The third-order valence-corrected chi connectivity index (χ3v) is 4.37. The third kappa shape index (κ3) is 6.35. The molecule has 0 aliphatic heterocycles. The molecule has 0 bridgehead atoms. The number of hydrogen-bond acceptors (Lipinski definition) is 4. The number of hydrogen-bond donors (Lipinski definition) is 1. The van der Waals surface area contributed by atoms with Crippen LogP contribution >= 0.6 is 0 Å². The highest BCUT2D eigenvalue weighted by atomic mass is 16.5. The topological polar surface area (TPSA) is 41.6 Å². The van der Waals surface area contributed by atoms with Crippen molar-refractivity contribution in [2.75, 3.05) is 26.7 Å². The van der Waals surface area contributed by atoms with Crippen LogP contribution in [0.25, 0.3) is 0 Å². The van der Waals surface area contributed by atoms with Gasteiger partial charge in [0.05, 0.1) is 6.61 Å². The van der Waals surface area contributed by atoms with Crippen LogP contribution in [0.5, 0.6) is 0 Å². The van der Waals surface area contributed by atoms with Crippen LogP contribution in [0.15, 0.2) is 0 Å².